The van der Waals surface area contributed by atoms with Gasteiger partial charge >= 0.3 is 0 Å². The van der Waals surface area contributed by atoms with Gasteiger partial charge in [0.05, 0.1) is 9.88 Å². The summed E-state index contributed by atoms with van der Waals surface area (Å²) in [6.07, 6.45) is 5.49. The highest BCUT2D eigenvalue weighted by atomic mass is 32.1. The lowest BCUT2D eigenvalue weighted by Gasteiger charge is -2.16. The molecule has 0 aliphatic heterocycles. The van der Waals surface area contributed by atoms with Gasteiger partial charge in [0.1, 0.15) is 0 Å². The Balaban J connectivity index is 1.93. The third-order valence-electron chi connectivity index (χ3n) is 2.59. The summed E-state index contributed by atoms with van der Waals surface area (Å²) in [5, 5.41) is 1.13. The maximum absolute atomic E-state index is 10.6. The molecule has 0 bridgehead atoms. The van der Waals surface area contributed by atoms with Gasteiger partial charge in [0.25, 0.3) is 0 Å². The Morgan fingerprint density at radius 3 is 2.71 bits per heavy atom. The van der Waals surface area contributed by atoms with Crippen molar-refractivity contribution in [2.75, 3.05) is 18.5 Å². The van der Waals surface area contributed by atoms with E-state index in [0.29, 0.717) is 0 Å². The zero-order valence-corrected chi connectivity index (χ0v) is 10.5. The second kappa shape index (κ2) is 5.59. The summed E-state index contributed by atoms with van der Waals surface area (Å²) >= 11 is 1.52. The van der Waals surface area contributed by atoms with E-state index in [1.165, 1.54) is 16.9 Å². The molecule has 0 aromatic carbocycles. The molecule has 0 aliphatic rings. The molecule has 0 fully saturated rings. The largest absolute Gasteiger partial charge is 0.366 e. The van der Waals surface area contributed by atoms with Gasteiger partial charge < -0.3 is 4.90 Å². The maximum atomic E-state index is 10.6. The molecule has 0 N–H and O–H groups in total. The van der Waals surface area contributed by atoms with E-state index in [1.54, 1.807) is 0 Å². The predicted octanol–water partition coefficient (Wildman–Crippen LogP) is 2.63. The number of rotatable bonds is 5. The van der Waals surface area contributed by atoms with E-state index in [2.05, 4.69) is 9.88 Å². The molecule has 17 heavy (non-hydrogen) atoms. The molecule has 0 saturated heterocycles. The number of aldehydes is 1. The topological polar surface area (TPSA) is 33.2 Å². The van der Waals surface area contributed by atoms with Gasteiger partial charge in [0.15, 0.2) is 6.29 Å². The van der Waals surface area contributed by atoms with Crippen LogP contribution in [0.4, 0.5) is 5.00 Å². The quantitative estimate of drug-likeness (QED) is 0.760. The van der Waals surface area contributed by atoms with Gasteiger partial charge in [-0.25, -0.2) is 0 Å². The lowest BCUT2D eigenvalue weighted by molar-refractivity contribution is 0.112. The summed E-state index contributed by atoms with van der Waals surface area (Å²) in [6, 6.07) is 7.90. The van der Waals surface area contributed by atoms with E-state index in [0.717, 1.165) is 29.1 Å². The first-order valence-electron chi connectivity index (χ1n) is 5.44. The van der Waals surface area contributed by atoms with Crippen molar-refractivity contribution in [3.8, 4) is 0 Å². The average Bonchev–Trinajstić information content (AvgIpc) is 2.86. The Hall–Kier alpha value is -1.68. The van der Waals surface area contributed by atoms with Crippen LogP contribution in [0, 0.1) is 0 Å². The third kappa shape index (κ3) is 3.14. The Labute approximate surface area is 105 Å². The molecule has 2 aromatic rings. The SMILES string of the molecule is CN(CCc1ccncc1)c1ccc(C=O)s1. The summed E-state index contributed by atoms with van der Waals surface area (Å²) in [5.74, 6) is 0. The van der Waals surface area contributed by atoms with Crippen LogP contribution in [0.25, 0.3) is 0 Å². The highest BCUT2D eigenvalue weighted by Crippen LogP contribution is 2.23. The highest BCUT2D eigenvalue weighted by Gasteiger charge is 2.04. The zero-order valence-electron chi connectivity index (χ0n) is 9.67. The predicted molar refractivity (Wildman–Crippen MR) is 70.9 cm³/mol. The molecule has 0 unspecified atom stereocenters. The van der Waals surface area contributed by atoms with Crippen molar-refractivity contribution in [3.63, 3.8) is 0 Å². The summed E-state index contributed by atoms with van der Waals surface area (Å²) < 4.78 is 0. The van der Waals surface area contributed by atoms with Gasteiger partial charge in [-0.2, -0.15) is 0 Å². The third-order valence-corrected chi connectivity index (χ3v) is 3.72. The number of carbonyl (C=O) groups excluding carboxylic acids is 1. The Bertz CT molecular complexity index is 481. The van der Waals surface area contributed by atoms with E-state index in [4.69, 9.17) is 0 Å². The van der Waals surface area contributed by atoms with E-state index in [9.17, 15) is 4.79 Å². The van der Waals surface area contributed by atoms with Crippen LogP contribution in [0.1, 0.15) is 15.2 Å². The van der Waals surface area contributed by atoms with Crippen LogP contribution >= 0.6 is 11.3 Å². The molecule has 3 nitrogen and oxygen atoms in total. The van der Waals surface area contributed by atoms with Crippen molar-refractivity contribution in [1.29, 1.82) is 0 Å². The second-order valence-corrected chi connectivity index (χ2v) is 4.91. The van der Waals surface area contributed by atoms with E-state index in [1.807, 2.05) is 43.7 Å². The summed E-state index contributed by atoms with van der Waals surface area (Å²) in [4.78, 5) is 17.5. The monoisotopic (exact) mass is 246 g/mol. The van der Waals surface area contributed by atoms with Gasteiger partial charge in [0, 0.05) is 26.0 Å². The van der Waals surface area contributed by atoms with E-state index >= 15 is 0 Å². The number of pyridine rings is 1. The van der Waals surface area contributed by atoms with Crippen LogP contribution in [-0.4, -0.2) is 24.9 Å². The van der Waals surface area contributed by atoms with Crippen LogP contribution in [0.3, 0.4) is 0 Å². The first-order chi connectivity index (χ1) is 8.29. The second-order valence-electron chi connectivity index (χ2n) is 3.82. The minimum atomic E-state index is 0.774. The number of carbonyl (C=O) groups is 1. The molecule has 2 heterocycles. The first kappa shape index (κ1) is 11.8. The number of hydrogen-bond donors (Lipinski definition) is 0. The Morgan fingerprint density at radius 2 is 2.06 bits per heavy atom. The number of aromatic nitrogens is 1. The van der Waals surface area contributed by atoms with Crippen molar-refractivity contribution in [1.82, 2.24) is 4.98 Å². The molecular weight excluding hydrogens is 232 g/mol. The van der Waals surface area contributed by atoms with Crippen molar-refractivity contribution in [3.05, 3.63) is 47.1 Å². The lowest BCUT2D eigenvalue weighted by Crippen LogP contribution is -2.19. The number of anilines is 1. The number of thiophene rings is 1. The van der Waals surface area contributed by atoms with Gasteiger partial charge in [-0.05, 0) is 36.2 Å². The number of hydrogen-bond acceptors (Lipinski definition) is 4. The zero-order chi connectivity index (χ0) is 12.1. The molecule has 0 radical (unpaired) electrons. The molecule has 0 atom stereocenters. The molecular formula is C13H14N2OS. The van der Waals surface area contributed by atoms with Crippen molar-refractivity contribution < 1.29 is 4.79 Å². The molecule has 4 heteroatoms. The fourth-order valence-corrected chi connectivity index (χ4v) is 2.38. The van der Waals surface area contributed by atoms with Crippen LogP contribution < -0.4 is 4.90 Å². The van der Waals surface area contributed by atoms with Crippen LogP contribution in [-0.2, 0) is 6.42 Å². The summed E-state index contributed by atoms with van der Waals surface area (Å²) in [6.45, 7) is 0.933. The minimum absolute atomic E-state index is 0.774. The van der Waals surface area contributed by atoms with E-state index in [-0.39, 0.29) is 0 Å². The van der Waals surface area contributed by atoms with Crippen LogP contribution in [0.2, 0.25) is 0 Å². The van der Waals surface area contributed by atoms with Crippen LogP contribution in [0.5, 0.6) is 0 Å². The number of nitrogens with zero attached hydrogens (tertiary/aromatic N) is 2. The van der Waals surface area contributed by atoms with Gasteiger partial charge in [-0.3, -0.25) is 9.78 Å². The average molecular weight is 246 g/mol. The normalized spacial score (nSPS) is 10.2. The lowest BCUT2D eigenvalue weighted by atomic mass is 10.2. The molecule has 0 amide bonds. The summed E-state index contributed by atoms with van der Waals surface area (Å²) in [7, 11) is 2.04. The first-order valence-corrected chi connectivity index (χ1v) is 6.26. The molecule has 0 spiro atoms. The highest BCUT2D eigenvalue weighted by molar-refractivity contribution is 7.17. The van der Waals surface area contributed by atoms with Crippen LogP contribution in [0.15, 0.2) is 36.7 Å². The smallest absolute Gasteiger partial charge is 0.160 e. The Morgan fingerprint density at radius 1 is 1.29 bits per heavy atom. The minimum Gasteiger partial charge on any atom is -0.366 e. The summed E-state index contributed by atoms with van der Waals surface area (Å²) in [5.41, 5.74) is 1.28. The molecule has 2 rings (SSSR count). The van der Waals surface area contributed by atoms with Gasteiger partial charge in [0.2, 0.25) is 0 Å². The molecule has 0 saturated carbocycles. The van der Waals surface area contributed by atoms with Crippen molar-refractivity contribution in [2.24, 2.45) is 0 Å². The Kier molecular flexibility index (Phi) is 3.88. The molecule has 88 valence electrons. The molecule has 2 aromatic heterocycles. The maximum Gasteiger partial charge on any atom is 0.160 e. The standard InChI is InChI=1S/C13H14N2OS/c1-15(13-3-2-12(10-16)17-13)9-6-11-4-7-14-8-5-11/h2-5,7-8,10H,6,9H2,1H3. The van der Waals surface area contributed by atoms with Crippen molar-refractivity contribution >= 4 is 22.6 Å². The van der Waals surface area contributed by atoms with Crippen molar-refractivity contribution in [2.45, 2.75) is 6.42 Å². The fourth-order valence-electron chi connectivity index (χ4n) is 1.57. The molecule has 0 aliphatic carbocycles. The van der Waals surface area contributed by atoms with Gasteiger partial charge in [-0.1, -0.05) is 0 Å². The van der Waals surface area contributed by atoms with Gasteiger partial charge in [-0.15, -0.1) is 11.3 Å². The van der Waals surface area contributed by atoms with E-state index < -0.39 is 0 Å². The fraction of sp³-hybridized carbons (Fsp3) is 0.231. The number of likely N-dealkylation sites (N-methyl/N-ethyl adjacent to an activating group) is 1.